The van der Waals surface area contributed by atoms with Crippen LogP contribution in [0.3, 0.4) is 0 Å². The monoisotopic (exact) mass is 371 g/mol. The van der Waals surface area contributed by atoms with Gasteiger partial charge in [0.2, 0.25) is 11.8 Å². The predicted molar refractivity (Wildman–Crippen MR) is 108 cm³/mol. The zero-order chi connectivity index (χ0) is 19.1. The topological polar surface area (TPSA) is 46.6 Å². The van der Waals surface area contributed by atoms with E-state index in [2.05, 4.69) is 12.1 Å². The van der Waals surface area contributed by atoms with Crippen molar-refractivity contribution in [2.75, 3.05) is 4.90 Å². The van der Waals surface area contributed by atoms with Crippen LogP contribution in [0.1, 0.15) is 25.7 Å². The Morgan fingerprint density at radius 1 is 0.714 bits per heavy atom. The maximum atomic E-state index is 12.7. The Morgan fingerprint density at radius 3 is 2.00 bits per heavy atom. The first kappa shape index (κ1) is 17.0. The number of carbonyl (C=O) groups excluding carboxylic acids is 2. The number of rotatable bonds is 3. The summed E-state index contributed by atoms with van der Waals surface area (Å²) in [5, 5.41) is 2.28. The summed E-state index contributed by atoms with van der Waals surface area (Å²) in [6.07, 6.45) is 3.73. The molecule has 2 fully saturated rings. The minimum Gasteiger partial charge on any atom is -0.457 e. The number of hydrogen-bond acceptors (Lipinski definition) is 3. The van der Waals surface area contributed by atoms with E-state index in [0.717, 1.165) is 42.2 Å². The number of imide groups is 1. The number of hydrogen-bond donors (Lipinski definition) is 0. The van der Waals surface area contributed by atoms with Crippen molar-refractivity contribution in [2.45, 2.75) is 25.7 Å². The first-order valence-electron chi connectivity index (χ1n) is 9.85. The van der Waals surface area contributed by atoms with E-state index in [9.17, 15) is 9.59 Å². The fourth-order valence-corrected chi connectivity index (χ4v) is 4.45. The quantitative estimate of drug-likeness (QED) is 0.586. The molecule has 2 amide bonds. The highest BCUT2D eigenvalue weighted by atomic mass is 16.5. The molecule has 0 N–H and O–H groups in total. The number of fused-ring (bicyclic) bond motifs is 2. The molecule has 1 aliphatic carbocycles. The molecule has 1 saturated carbocycles. The number of carbonyl (C=O) groups is 2. The van der Waals surface area contributed by atoms with Gasteiger partial charge in [-0.3, -0.25) is 14.5 Å². The molecule has 28 heavy (non-hydrogen) atoms. The van der Waals surface area contributed by atoms with Crippen LogP contribution in [0, 0.1) is 11.8 Å². The Bertz CT molecular complexity index is 1030. The van der Waals surface area contributed by atoms with Gasteiger partial charge in [-0.1, -0.05) is 43.2 Å². The third-order valence-electron chi connectivity index (χ3n) is 5.89. The maximum Gasteiger partial charge on any atom is 0.237 e. The number of nitrogens with zero attached hydrogens (tertiary/aromatic N) is 1. The molecule has 0 spiro atoms. The summed E-state index contributed by atoms with van der Waals surface area (Å²) < 4.78 is 5.96. The lowest BCUT2D eigenvalue weighted by atomic mass is 9.81. The van der Waals surface area contributed by atoms with Crippen molar-refractivity contribution in [3.8, 4) is 11.5 Å². The zero-order valence-corrected chi connectivity index (χ0v) is 15.5. The lowest BCUT2D eigenvalue weighted by Gasteiger charge is -2.19. The van der Waals surface area contributed by atoms with E-state index in [-0.39, 0.29) is 23.7 Å². The summed E-state index contributed by atoms with van der Waals surface area (Å²) in [7, 11) is 0. The van der Waals surface area contributed by atoms with E-state index >= 15 is 0 Å². The van der Waals surface area contributed by atoms with Crippen LogP contribution < -0.4 is 9.64 Å². The minimum absolute atomic E-state index is 0.0436. The smallest absolute Gasteiger partial charge is 0.237 e. The highest BCUT2D eigenvalue weighted by molar-refractivity contribution is 6.22. The van der Waals surface area contributed by atoms with Crippen LogP contribution in [0.5, 0.6) is 11.5 Å². The molecule has 5 rings (SSSR count). The van der Waals surface area contributed by atoms with E-state index in [1.807, 2.05) is 42.5 Å². The van der Waals surface area contributed by atoms with Crippen LogP contribution in [0.25, 0.3) is 10.8 Å². The summed E-state index contributed by atoms with van der Waals surface area (Å²) in [4.78, 5) is 26.8. The summed E-state index contributed by atoms with van der Waals surface area (Å²) in [6, 6.07) is 21.3. The lowest BCUT2D eigenvalue weighted by molar-refractivity contribution is -0.122. The average Bonchev–Trinajstić information content (AvgIpc) is 2.99. The summed E-state index contributed by atoms with van der Waals surface area (Å²) >= 11 is 0. The van der Waals surface area contributed by atoms with Crippen molar-refractivity contribution in [1.29, 1.82) is 0 Å². The Labute approximate surface area is 163 Å². The van der Waals surface area contributed by atoms with Crippen molar-refractivity contribution in [3.05, 3.63) is 66.7 Å². The first-order chi connectivity index (χ1) is 13.7. The molecule has 2 aliphatic rings. The van der Waals surface area contributed by atoms with Crippen LogP contribution in [0.2, 0.25) is 0 Å². The normalized spacial score (nSPS) is 21.8. The van der Waals surface area contributed by atoms with Gasteiger partial charge in [-0.15, -0.1) is 0 Å². The van der Waals surface area contributed by atoms with Crippen LogP contribution >= 0.6 is 0 Å². The van der Waals surface area contributed by atoms with E-state index in [1.54, 1.807) is 12.1 Å². The number of benzene rings is 3. The zero-order valence-electron chi connectivity index (χ0n) is 15.5. The fraction of sp³-hybridized carbons (Fsp3) is 0.250. The van der Waals surface area contributed by atoms with Crippen molar-refractivity contribution in [3.63, 3.8) is 0 Å². The van der Waals surface area contributed by atoms with Crippen molar-refractivity contribution >= 4 is 28.3 Å². The second-order valence-electron chi connectivity index (χ2n) is 7.61. The van der Waals surface area contributed by atoms with E-state index < -0.39 is 0 Å². The van der Waals surface area contributed by atoms with Gasteiger partial charge >= 0.3 is 0 Å². The van der Waals surface area contributed by atoms with Gasteiger partial charge in [0, 0.05) is 0 Å². The molecule has 140 valence electrons. The Kier molecular flexibility index (Phi) is 4.12. The molecular weight excluding hydrogens is 350 g/mol. The molecule has 4 heteroatoms. The molecular formula is C24H21NO3. The van der Waals surface area contributed by atoms with Crippen molar-refractivity contribution in [1.82, 2.24) is 0 Å². The molecule has 1 saturated heterocycles. The summed E-state index contributed by atoms with van der Waals surface area (Å²) in [6.45, 7) is 0. The van der Waals surface area contributed by atoms with Gasteiger partial charge in [0.25, 0.3) is 0 Å². The van der Waals surface area contributed by atoms with Crippen LogP contribution in [0.15, 0.2) is 66.7 Å². The second-order valence-corrected chi connectivity index (χ2v) is 7.61. The summed E-state index contributed by atoms with van der Waals surface area (Å²) in [5.41, 5.74) is 0.635. The van der Waals surface area contributed by atoms with E-state index in [4.69, 9.17) is 4.74 Å². The second kappa shape index (κ2) is 6.79. The lowest BCUT2D eigenvalue weighted by Crippen LogP contribution is -2.30. The molecule has 0 unspecified atom stereocenters. The Balaban J connectivity index is 1.36. The molecule has 1 aliphatic heterocycles. The molecule has 1 heterocycles. The van der Waals surface area contributed by atoms with Crippen LogP contribution in [-0.4, -0.2) is 11.8 Å². The van der Waals surface area contributed by atoms with E-state index in [0.29, 0.717) is 11.4 Å². The van der Waals surface area contributed by atoms with Crippen LogP contribution in [-0.2, 0) is 9.59 Å². The Hall–Kier alpha value is -3.14. The molecule has 0 radical (unpaired) electrons. The molecule has 3 aromatic rings. The van der Waals surface area contributed by atoms with Gasteiger partial charge in [0.1, 0.15) is 11.5 Å². The third-order valence-corrected chi connectivity index (χ3v) is 5.89. The van der Waals surface area contributed by atoms with Gasteiger partial charge in [0.15, 0.2) is 0 Å². The van der Waals surface area contributed by atoms with Gasteiger partial charge in [-0.2, -0.15) is 0 Å². The minimum atomic E-state index is -0.130. The Morgan fingerprint density at radius 2 is 1.32 bits per heavy atom. The third kappa shape index (κ3) is 2.85. The molecule has 0 bridgehead atoms. The molecule has 2 atom stereocenters. The number of anilines is 1. The van der Waals surface area contributed by atoms with Crippen molar-refractivity contribution < 1.29 is 14.3 Å². The summed E-state index contributed by atoms with van der Waals surface area (Å²) in [5.74, 6) is 1.08. The fourth-order valence-electron chi connectivity index (χ4n) is 4.45. The van der Waals surface area contributed by atoms with Gasteiger partial charge in [-0.05, 0) is 60.0 Å². The maximum absolute atomic E-state index is 12.7. The largest absolute Gasteiger partial charge is 0.457 e. The van der Waals surface area contributed by atoms with E-state index in [1.165, 1.54) is 4.90 Å². The predicted octanol–water partition coefficient (Wildman–Crippen LogP) is 5.31. The standard InChI is InChI=1S/C24H21NO3/c26-23-21-7-3-4-8-22(21)24(27)25(23)18-10-13-19(14-11-18)28-20-12-9-16-5-1-2-6-17(16)15-20/h1-2,5-6,9-15,21-22H,3-4,7-8H2/t21-,22-/m0/s1. The van der Waals surface area contributed by atoms with Gasteiger partial charge in [0.05, 0.1) is 17.5 Å². The van der Waals surface area contributed by atoms with Crippen LogP contribution in [0.4, 0.5) is 5.69 Å². The molecule has 4 nitrogen and oxygen atoms in total. The number of ether oxygens (including phenoxy) is 1. The van der Waals surface area contributed by atoms with Gasteiger partial charge in [-0.25, -0.2) is 0 Å². The van der Waals surface area contributed by atoms with Crippen molar-refractivity contribution in [2.24, 2.45) is 11.8 Å². The average molecular weight is 371 g/mol. The molecule has 3 aromatic carbocycles. The SMILES string of the molecule is O=C1[C@H]2CCCC[C@@H]2C(=O)N1c1ccc(Oc2ccc3ccccc3c2)cc1. The molecule has 0 aromatic heterocycles. The first-order valence-corrected chi connectivity index (χ1v) is 9.85. The highest BCUT2D eigenvalue weighted by Crippen LogP contribution is 2.40. The van der Waals surface area contributed by atoms with Gasteiger partial charge < -0.3 is 4.74 Å². The highest BCUT2D eigenvalue weighted by Gasteiger charge is 2.48. The number of amides is 2.